The number of ketones is 1. The molecule has 1 spiro atoms. The van der Waals surface area contributed by atoms with Crippen LogP contribution >= 0.6 is 11.6 Å². The third-order valence-corrected chi connectivity index (χ3v) is 5.17. The fourth-order valence-corrected chi connectivity index (χ4v) is 3.57. The van der Waals surface area contributed by atoms with E-state index in [0.29, 0.717) is 10.6 Å². The van der Waals surface area contributed by atoms with Gasteiger partial charge in [-0.2, -0.15) is 0 Å². The van der Waals surface area contributed by atoms with Crippen molar-refractivity contribution in [2.24, 2.45) is 5.92 Å². The Labute approximate surface area is 141 Å². The summed E-state index contributed by atoms with van der Waals surface area (Å²) in [6, 6.07) is 6.91. The normalized spacial score (nSPS) is 26.1. The summed E-state index contributed by atoms with van der Waals surface area (Å²) in [5.41, 5.74) is 0.682. The van der Waals surface area contributed by atoms with Crippen LogP contribution in [0.1, 0.15) is 50.7 Å². The van der Waals surface area contributed by atoms with E-state index in [4.69, 9.17) is 21.1 Å². The average molecular weight is 339 g/mol. The number of ether oxygens (including phenoxy) is 2. The smallest absolute Gasteiger partial charge is 0.169 e. The molecule has 2 aliphatic rings. The lowest BCUT2D eigenvalue weighted by Crippen LogP contribution is -2.37. The van der Waals surface area contributed by atoms with Gasteiger partial charge in [0.2, 0.25) is 0 Å². The van der Waals surface area contributed by atoms with E-state index < -0.39 is 23.9 Å². The number of aliphatic hydroxyl groups is 1. The van der Waals surface area contributed by atoms with Crippen LogP contribution in [0.3, 0.4) is 0 Å². The highest BCUT2D eigenvalue weighted by molar-refractivity contribution is 6.30. The number of carbonyl (C=O) groups excluding carboxylic acids is 1. The number of benzene rings is 1. The standard InChI is InChI=1S/C18H23ClO4/c1-12(16(20)13-5-7-14(19)8-6-13)17(21)15-11-22-18(23-15)9-3-2-4-10-18/h5-8,12,15-16,20H,2-4,9-11H2,1H3/t12-,15+,16-/m1/s1. The van der Waals surface area contributed by atoms with Crippen molar-refractivity contribution in [3.8, 4) is 0 Å². The van der Waals surface area contributed by atoms with Crippen LogP contribution in [0.15, 0.2) is 24.3 Å². The lowest BCUT2D eigenvalue weighted by atomic mass is 9.91. The van der Waals surface area contributed by atoms with Crippen LogP contribution < -0.4 is 0 Å². The van der Waals surface area contributed by atoms with Crippen LogP contribution in [0.25, 0.3) is 0 Å². The molecular weight excluding hydrogens is 316 g/mol. The molecule has 0 unspecified atom stereocenters. The largest absolute Gasteiger partial charge is 0.388 e. The van der Waals surface area contributed by atoms with Gasteiger partial charge >= 0.3 is 0 Å². The molecule has 0 bridgehead atoms. The Balaban J connectivity index is 1.64. The van der Waals surface area contributed by atoms with Gasteiger partial charge in [0.05, 0.1) is 12.7 Å². The summed E-state index contributed by atoms with van der Waals surface area (Å²) in [7, 11) is 0. The number of Topliss-reactive ketones (excluding diaryl/α,β-unsaturated/α-hetero) is 1. The van der Waals surface area contributed by atoms with Crippen LogP contribution in [-0.4, -0.2) is 29.4 Å². The van der Waals surface area contributed by atoms with Gasteiger partial charge in [-0.25, -0.2) is 0 Å². The van der Waals surface area contributed by atoms with E-state index in [9.17, 15) is 9.90 Å². The number of carbonyl (C=O) groups is 1. The molecule has 1 aliphatic carbocycles. The van der Waals surface area contributed by atoms with Crippen molar-refractivity contribution in [2.75, 3.05) is 6.61 Å². The van der Waals surface area contributed by atoms with Gasteiger partial charge in [0.15, 0.2) is 11.6 Å². The zero-order valence-electron chi connectivity index (χ0n) is 13.3. The Kier molecular flexibility index (Phi) is 5.07. The molecule has 0 aromatic heterocycles. The van der Waals surface area contributed by atoms with E-state index in [-0.39, 0.29) is 12.4 Å². The van der Waals surface area contributed by atoms with E-state index in [0.717, 1.165) is 25.7 Å². The Hall–Kier alpha value is -0.940. The van der Waals surface area contributed by atoms with Crippen LogP contribution in [0.2, 0.25) is 5.02 Å². The van der Waals surface area contributed by atoms with Crippen LogP contribution in [0.5, 0.6) is 0 Å². The zero-order valence-corrected chi connectivity index (χ0v) is 14.1. The van der Waals surface area contributed by atoms with Crippen molar-refractivity contribution in [1.82, 2.24) is 0 Å². The lowest BCUT2D eigenvalue weighted by molar-refractivity contribution is -0.190. The molecule has 1 N–H and O–H groups in total. The maximum absolute atomic E-state index is 12.7. The zero-order chi connectivity index (χ0) is 16.4. The van der Waals surface area contributed by atoms with Gasteiger partial charge < -0.3 is 14.6 Å². The molecule has 0 amide bonds. The van der Waals surface area contributed by atoms with Crippen molar-refractivity contribution in [1.29, 1.82) is 0 Å². The molecule has 3 atom stereocenters. The maximum Gasteiger partial charge on any atom is 0.169 e. The highest BCUT2D eigenvalue weighted by Gasteiger charge is 2.46. The number of aliphatic hydroxyl groups excluding tert-OH is 1. The Morgan fingerprint density at radius 3 is 2.57 bits per heavy atom. The minimum atomic E-state index is -0.869. The first-order valence-electron chi connectivity index (χ1n) is 8.30. The molecule has 1 aromatic rings. The van der Waals surface area contributed by atoms with Crippen LogP contribution in [0, 0.1) is 5.92 Å². The minimum Gasteiger partial charge on any atom is -0.388 e. The van der Waals surface area contributed by atoms with E-state index in [1.54, 1.807) is 31.2 Å². The molecule has 4 nitrogen and oxygen atoms in total. The first-order chi connectivity index (χ1) is 11.0. The molecule has 1 saturated heterocycles. The summed E-state index contributed by atoms with van der Waals surface area (Å²) >= 11 is 5.86. The van der Waals surface area contributed by atoms with Gasteiger partial charge in [-0.15, -0.1) is 0 Å². The van der Waals surface area contributed by atoms with Gasteiger partial charge in [-0.1, -0.05) is 37.1 Å². The highest BCUT2D eigenvalue weighted by atomic mass is 35.5. The summed E-state index contributed by atoms with van der Waals surface area (Å²) in [6.45, 7) is 2.02. The summed E-state index contributed by atoms with van der Waals surface area (Å²) in [5.74, 6) is -1.22. The van der Waals surface area contributed by atoms with E-state index in [2.05, 4.69) is 0 Å². The fourth-order valence-electron chi connectivity index (χ4n) is 3.45. The van der Waals surface area contributed by atoms with Gasteiger partial charge in [0.25, 0.3) is 0 Å². The van der Waals surface area contributed by atoms with Crippen molar-refractivity contribution in [3.05, 3.63) is 34.9 Å². The maximum atomic E-state index is 12.7. The number of hydrogen-bond acceptors (Lipinski definition) is 4. The average Bonchev–Trinajstić information content (AvgIpc) is 2.97. The van der Waals surface area contributed by atoms with E-state index in [1.807, 2.05) is 0 Å². The van der Waals surface area contributed by atoms with Crippen molar-refractivity contribution in [3.63, 3.8) is 0 Å². The minimum absolute atomic E-state index is 0.102. The number of halogens is 1. The number of hydrogen-bond donors (Lipinski definition) is 1. The number of rotatable bonds is 4. The molecule has 1 heterocycles. The van der Waals surface area contributed by atoms with Crippen LogP contribution in [-0.2, 0) is 14.3 Å². The molecule has 1 aliphatic heterocycles. The monoisotopic (exact) mass is 338 g/mol. The predicted octanol–water partition coefficient (Wildman–Crippen LogP) is 3.65. The quantitative estimate of drug-likeness (QED) is 0.910. The fraction of sp³-hybridized carbons (Fsp3) is 0.611. The molecule has 3 rings (SSSR count). The van der Waals surface area contributed by atoms with Gasteiger partial charge in [0.1, 0.15) is 6.10 Å². The molecule has 1 saturated carbocycles. The molecule has 2 fully saturated rings. The molecule has 0 radical (unpaired) electrons. The van der Waals surface area contributed by atoms with E-state index >= 15 is 0 Å². The third-order valence-electron chi connectivity index (χ3n) is 4.92. The van der Waals surface area contributed by atoms with Crippen molar-refractivity contribution in [2.45, 2.75) is 57.0 Å². The Morgan fingerprint density at radius 2 is 1.91 bits per heavy atom. The molecule has 1 aromatic carbocycles. The Bertz CT molecular complexity index is 551. The van der Waals surface area contributed by atoms with Gasteiger partial charge in [0, 0.05) is 23.8 Å². The first kappa shape index (κ1) is 16.9. The van der Waals surface area contributed by atoms with Gasteiger partial charge in [-0.05, 0) is 30.5 Å². The van der Waals surface area contributed by atoms with Gasteiger partial charge in [-0.3, -0.25) is 4.79 Å². The summed E-state index contributed by atoms with van der Waals surface area (Å²) in [4.78, 5) is 12.7. The first-order valence-corrected chi connectivity index (χ1v) is 8.68. The lowest BCUT2D eigenvalue weighted by Gasteiger charge is -2.31. The summed E-state index contributed by atoms with van der Waals surface area (Å²) in [6.07, 6.45) is 3.60. The second-order valence-corrected chi connectivity index (χ2v) is 7.01. The second kappa shape index (κ2) is 6.89. The summed E-state index contributed by atoms with van der Waals surface area (Å²) < 4.78 is 11.8. The molecule has 126 valence electrons. The molecule has 5 heteroatoms. The topological polar surface area (TPSA) is 55.8 Å². The highest BCUT2D eigenvalue weighted by Crippen LogP contribution is 2.39. The SMILES string of the molecule is C[C@@H](C(=O)[C@@H]1COC2(CCCCC2)O1)[C@@H](O)c1ccc(Cl)cc1. The van der Waals surface area contributed by atoms with Crippen molar-refractivity contribution >= 4 is 17.4 Å². The second-order valence-electron chi connectivity index (χ2n) is 6.58. The van der Waals surface area contributed by atoms with Crippen LogP contribution in [0.4, 0.5) is 0 Å². The van der Waals surface area contributed by atoms with E-state index in [1.165, 1.54) is 6.42 Å². The molecule has 23 heavy (non-hydrogen) atoms. The third kappa shape index (κ3) is 3.61. The summed E-state index contributed by atoms with van der Waals surface area (Å²) in [5, 5.41) is 11.1. The predicted molar refractivity (Wildman–Crippen MR) is 87.2 cm³/mol. The molecular formula is C18H23ClO4. The van der Waals surface area contributed by atoms with Crippen molar-refractivity contribution < 1.29 is 19.4 Å². The Morgan fingerprint density at radius 1 is 1.26 bits per heavy atom.